The summed E-state index contributed by atoms with van der Waals surface area (Å²) in [4.78, 5) is 1.17. The lowest BCUT2D eigenvalue weighted by molar-refractivity contribution is 0.350. The van der Waals surface area contributed by atoms with Crippen LogP contribution in [-0.4, -0.2) is 20.8 Å². The number of halogens is 1. The molecule has 1 atom stereocenters. The average molecular weight is 354 g/mol. The van der Waals surface area contributed by atoms with Crippen molar-refractivity contribution in [1.29, 1.82) is 0 Å². The van der Waals surface area contributed by atoms with Crippen LogP contribution in [0.2, 0.25) is 0 Å². The molecule has 106 valence electrons. The van der Waals surface area contributed by atoms with Crippen molar-refractivity contribution >= 4 is 27.3 Å². The molecule has 1 unspecified atom stereocenters. The van der Waals surface area contributed by atoms with Crippen molar-refractivity contribution in [2.75, 3.05) is 20.8 Å². The molecule has 1 N–H and O–H groups in total. The predicted molar refractivity (Wildman–Crippen MR) is 85.1 cm³/mol. The summed E-state index contributed by atoms with van der Waals surface area (Å²) in [5, 5.41) is 5.44. The van der Waals surface area contributed by atoms with Crippen molar-refractivity contribution in [2.45, 2.75) is 12.5 Å². The van der Waals surface area contributed by atoms with E-state index in [-0.39, 0.29) is 6.04 Å². The second kappa shape index (κ2) is 5.76. The van der Waals surface area contributed by atoms with Gasteiger partial charge >= 0.3 is 0 Å². The zero-order valence-corrected chi connectivity index (χ0v) is 13.8. The molecule has 2 aromatic rings. The van der Waals surface area contributed by atoms with Crippen molar-refractivity contribution in [3.8, 4) is 11.5 Å². The standard InChI is InChI=1S/C15H16BrNO2S/c1-17-13(15-12(18-2)4-6-20-15)11-8-10(16)7-9-3-5-19-14(9)11/h4,6-8,13,17H,3,5H2,1-2H3. The zero-order chi connectivity index (χ0) is 14.1. The van der Waals surface area contributed by atoms with Gasteiger partial charge in [-0.3, -0.25) is 0 Å². The molecule has 0 saturated carbocycles. The Bertz CT molecular complexity index is 626. The Kier molecular flexibility index (Phi) is 4.01. The molecule has 0 radical (unpaired) electrons. The molecule has 0 saturated heterocycles. The van der Waals surface area contributed by atoms with E-state index in [4.69, 9.17) is 9.47 Å². The van der Waals surface area contributed by atoms with Gasteiger partial charge in [-0.25, -0.2) is 0 Å². The van der Waals surface area contributed by atoms with Crippen molar-refractivity contribution in [1.82, 2.24) is 5.32 Å². The van der Waals surface area contributed by atoms with Crippen LogP contribution in [0, 0.1) is 0 Å². The Morgan fingerprint density at radius 1 is 1.45 bits per heavy atom. The van der Waals surface area contributed by atoms with E-state index in [1.807, 2.05) is 13.1 Å². The molecule has 0 bridgehead atoms. The fourth-order valence-electron chi connectivity index (χ4n) is 2.63. The van der Waals surface area contributed by atoms with Crippen LogP contribution in [0.25, 0.3) is 0 Å². The quantitative estimate of drug-likeness (QED) is 0.907. The number of rotatable bonds is 4. The molecule has 1 aliphatic heterocycles. The molecule has 0 aliphatic carbocycles. The fourth-order valence-corrected chi connectivity index (χ4v) is 4.14. The van der Waals surface area contributed by atoms with E-state index in [9.17, 15) is 0 Å². The average Bonchev–Trinajstić information content (AvgIpc) is 3.07. The maximum Gasteiger partial charge on any atom is 0.134 e. The van der Waals surface area contributed by atoms with Gasteiger partial charge < -0.3 is 14.8 Å². The maximum atomic E-state index is 5.84. The summed E-state index contributed by atoms with van der Waals surface area (Å²) in [6.45, 7) is 0.761. The van der Waals surface area contributed by atoms with E-state index in [1.165, 1.54) is 10.4 Å². The Balaban J connectivity index is 2.11. The second-order valence-corrected chi connectivity index (χ2v) is 6.52. The molecule has 0 fully saturated rings. The topological polar surface area (TPSA) is 30.5 Å². The van der Waals surface area contributed by atoms with Gasteiger partial charge in [0, 0.05) is 16.5 Å². The number of nitrogens with one attached hydrogen (secondary N) is 1. The van der Waals surface area contributed by atoms with Crippen molar-refractivity contribution in [3.63, 3.8) is 0 Å². The Labute approximate surface area is 131 Å². The van der Waals surface area contributed by atoms with Crippen LogP contribution >= 0.6 is 27.3 Å². The van der Waals surface area contributed by atoms with Gasteiger partial charge in [0.15, 0.2) is 0 Å². The summed E-state index contributed by atoms with van der Waals surface area (Å²) >= 11 is 5.30. The largest absolute Gasteiger partial charge is 0.496 e. The van der Waals surface area contributed by atoms with Gasteiger partial charge in [-0.05, 0) is 36.2 Å². The first-order valence-corrected chi connectivity index (χ1v) is 8.15. The molecular formula is C15H16BrNO2S. The third-order valence-electron chi connectivity index (χ3n) is 3.52. The van der Waals surface area contributed by atoms with E-state index in [0.29, 0.717) is 0 Å². The summed E-state index contributed by atoms with van der Waals surface area (Å²) in [7, 11) is 3.67. The molecule has 1 aliphatic rings. The van der Waals surface area contributed by atoms with Crippen molar-refractivity contribution in [3.05, 3.63) is 44.1 Å². The fraction of sp³-hybridized carbons (Fsp3) is 0.333. The van der Waals surface area contributed by atoms with Crippen LogP contribution in [0.5, 0.6) is 11.5 Å². The number of ether oxygens (including phenoxy) is 2. The highest BCUT2D eigenvalue weighted by molar-refractivity contribution is 9.10. The van der Waals surface area contributed by atoms with E-state index in [0.717, 1.165) is 34.6 Å². The van der Waals surface area contributed by atoms with Crippen LogP contribution in [0.3, 0.4) is 0 Å². The first-order valence-electron chi connectivity index (χ1n) is 6.48. The van der Waals surface area contributed by atoms with Gasteiger partial charge in [0.05, 0.1) is 24.6 Å². The van der Waals surface area contributed by atoms with Crippen LogP contribution in [0.15, 0.2) is 28.1 Å². The minimum atomic E-state index is 0.0781. The molecule has 3 nitrogen and oxygen atoms in total. The van der Waals surface area contributed by atoms with Crippen LogP contribution in [0.1, 0.15) is 22.0 Å². The summed E-state index contributed by atoms with van der Waals surface area (Å²) in [6.07, 6.45) is 0.972. The number of methoxy groups -OCH3 is 1. The second-order valence-electron chi connectivity index (χ2n) is 4.66. The summed E-state index contributed by atoms with van der Waals surface area (Å²) in [6, 6.07) is 6.35. The van der Waals surface area contributed by atoms with E-state index in [1.54, 1.807) is 18.4 Å². The van der Waals surface area contributed by atoms with Crippen LogP contribution in [-0.2, 0) is 6.42 Å². The lowest BCUT2D eigenvalue weighted by atomic mass is 10.0. The number of thiophene rings is 1. The van der Waals surface area contributed by atoms with Crippen molar-refractivity contribution < 1.29 is 9.47 Å². The number of hydrogen-bond donors (Lipinski definition) is 1. The normalized spacial score (nSPS) is 14.8. The van der Waals surface area contributed by atoms with Crippen LogP contribution in [0.4, 0.5) is 0 Å². The predicted octanol–water partition coefficient (Wildman–Crippen LogP) is 3.76. The molecule has 1 aromatic heterocycles. The van der Waals surface area contributed by atoms with Crippen LogP contribution < -0.4 is 14.8 Å². The first-order chi connectivity index (χ1) is 9.74. The molecular weight excluding hydrogens is 338 g/mol. The molecule has 3 rings (SSSR count). The molecule has 0 amide bonds. The van der Waals surface area contributed by atoms with Gasteiger partial charge in [-0.2, -0.15) is 0 Å². The number of hydrogen-bond acceptors (Lipinski definition) is 4. The van der Waals surface area contributed by atoms with Gasteiger partial charge in [-0.1, -0.05) is 15.9 Å². The molecule has 2 heterocycles. The Morgan fingerprint density at radius 2 is 2.30 bits per heavy atom. The summed E-state index contributed by atoms with van der Waals surface area (Å²) in [5.41, 5.74) is 2.43. The number of fused-ring (bicyclic) bond motifs is 1. The Hall–Kier alpha value is -1.04. The maximum absolute atomic E-state index is 5.84. The van der Waals surface area contributed by atoms with E-state index >= 15 is 0 Å². The van der Waals surface area contributed by atoms with Gasteiger partial charge in [0.2, 0.25) is 0 Å². The lowest BCUT2D eigenvalue weighted by Crippen LogP contribution is -2.18. The lowest BCUT2D eigenvalue weighted by Gasteiger charge is -2.20. The van der Waals surface area contributed by atoms with Gasteiger partial charge in [-0.15, -0.1) is 11.3 Å². The summed E-state index contributed by atoms with van der Waals surface area (Å²) in [5.74, 6) is 1.93. The third kappa shape index (κ3) is 2.34. The molecule has 20 heavy (non-hydrogen) atoms. The van der Waals surface area contributed by atoms with Gasteiger partial charge in [0.25, 0.3) is 0 Å². The van der Waals surface area contributed by atoms with Gasteiger partial charge in [0.1, 0.15) is 11.5 Å². The third-order valence-corrected chi connectivity index (χ3v) is 4.94. The minimum Gasteiger partial charge on any atom is -0.496 e. The van der Waals surface area contributed by atoms with Crippen molar-refractivity contribution in [2.24, 2.45) is 0 Å². The molecule has 1 aromatic carbocycles. The highest BCUT2D eigenvalue weighted by Gasteiger charge is 2.26. The monoisotopic (exact) mass is 353 g/mol. The van der Waals surface area contributed by atoms with E-state index < -0.39 is 0 Å². The zero-order valence-electron chi connectivity index (χ0n) is 11.4. The van der Waals surface area contributed by atoms with E-state index in [2.05, 4.69) is 38.8 Å². The minimum absolute atomic E-state index is 0.0781. The highest BCUT2D eigenvalue weighted by atomic mass is 79.9. The Morgan fingerprint density at radius 3 is 3.05 bits per heavy atom. The number of benzene rings is 1. The molecule has 5 heteroatoms. The smallest absolute Gasteiger partial charge is 0.134 e. The SMILES string of the molecule is CNC(c1cc(Br)cc2c1OCC2)c1sccc1OC. The summed E-state index contributed by atoms with van der Waals surface area (Å²) < 4.78 is 12.4. The first kappa shape index (κ1) is 13.9. The molecule has 0 spiro atoms. The highest BCUT2D eigenvalue weighted by Crippen LogP contribution is 2.42.